The second-order valence-corrected chi connectivity index (χ2v) is 5.08. The van der Waals surface area contributed by atoms with Crippen LogP contribution in [0, 0.1) is 0 Å². The van der Waals surface area contributed by atoms with Gasteiger partial charge in [-0.15, -0.1) is 0 Å². The molecule has 0 amide bonds. The summed E-state index contributed by atoms with van der Waals surface area (Å²) < 4.78 is 10.9. The normalized spacial score (nSPS) is 10.8. The predicted octanol–water partition coefficient (Wildman–Crippen LogP) is 3.29. The monoisotopic (exact) mass is 296 g/mol. The third kappa shape index (κ3) is 2.81. The van der Waals surface area contributed by atoms with E-state index in [9.17, 15) is 9.90 Å². The highest BCUT2D eigenvalue weighted by atomic mass is 16.5. The Morgan fingerprint density at radius 3 is 2.73 bits per heavy atom. The molecule has 3 aromatic rings. The van der Waals surface area contributed by atoms with Crippen molar-refractivity contribution in [2.24, 2.45) is 0 Å². The fourth-order valence-corrected chi connectivity index (χ4v) is 2.42. The minimum atomic E-state index is -0.0277. The van der Waals surface area contributed by atoms with E-state index in [0.29, 0.717) is 35.3 Å². The zero-order valence-corrected chi connectivity index (χ0v) is 12.2. The molecule has 1 N–H and O–H groups in total. The molecule has 0 spiro atoms. The van der Waals surface area contributed by atoms with Crippen molar-refractivity contribution in [1.82, 2.24) is 0 Å². The first-order valence-corrected chi connectivity index (χ1v) is 7.05. The molecule has 0 bridgehead atoms. The molecule has 1 heterocycles. The molecule has 4 heteroatoms. The van der Waals surface area contributed by atoms with Gasteiger partial charge in [0, 0.05) is 12.5 Å². The van der Waals surface area contributed by atoms with Gasteiger partial charge in [0.05, 0.1) is 12.5 Å². The number of aryl methyl sites for hydroxylation is 2. The maximum atomic E-state index is 12.0. The van der Waals surface area contributed by atoms with E-state index in [1.54, 1.807) is 30.3 Å². The van der Waals surface area contributed by atoms with E-state index in [2.05, 4.69) is 0 Å². The van der Waals surface area contributed by atoms with Crippen molar-refractivity contribution < 1.29 is 14.3 Å². The summed E-state index contributed by atoms with van der Waals surface area (Å²) in [5.41, 5.74) is 1.58. The van der Waals surface area contributed by atoms with E-state index in [1.165, 1.54) is 7.11 Å². The van der Waals surface area contributed by atoms with Crippen LogP contribution in [0.3, 0.4) is 0 Å². The van der Waals surface area contributed by atoms with E-state index in [1.807, 2.05) is 18.2 Å². The van der Waals surface area contributed by atoms with Gasteiger partial charge in [0.2, 0.25) is 0 Å². The highest BCUT2D eigenvalue weighted by Crippen LogP contribution is 2.26. The number of hydrogen-bond acceptors (Lipinski definition) is 4. The SMILES string of the molecule is COc1cc(CCc2cc(=O)c3ccccc3o2)ccc1O. The molecule has 0 aliphatic heterocycles. The lowest BCUT2D eigenvalue weighted by Gasteiger charge is -2.07. The van der Waals surface area contributed by atoms with Crippen molar-refractivity contribution in [3.63, 3.8) is 0 Å². The molecule has 0 unspecified atom stereocenters. The van der Waals surface area contributed by atoms with Gasteiger partial charge in [-0.2, -0.15) is 0 Å². The molecular weight excluding hydrogens is 280 g/mol. The molecule has 22 heavy (non-hydrogen) atoms. The summed E-state index contributed by atoms with van der Waals surface area (Å²) in [6.07, 6.45) is 1.30. The molecule has 112 valence electrons. The number of para-hydroxylation sites is 1. The molecule has 0 atom stereocenters. The molecule has 0 fully saturated rings. The third-order valence-electron chi connectivity index (χ3n) is 3.59. The predicted molar refractivity (Wildman–Crippen MR) is 84.6 cm³/mol. The fraction of sp³-hybridized carbons (Fsp3) is 0.167. The Balaban J connectivity index is 1.83. The van der Waals surface area contributed by atoms with E-state index in [0.717, 1.165) is 5.56 Å². The second kappa shape index (κ2) is 5.93. The van der Waals surface area contributed by atoms with Crippen molar-refractivity contribution in [3.05, 3.63) is 70.1 Å². The summed E-state index contributed by atoms with van der Waals surface area (Å²) in [6.45, 7) is 0. The van der Waals surface area contributed by atoms with Crippen LogP contribution in [0.25, 0.3) is 11.0 Å². The molecule has 2 aromatic carbocycles. The van der Waals surface area contributed by atoms with Crippen LogP contribution < -0.4 is 10.2 Å². The maximum Gasteiger partial charge on any atom is 0.192 e. The largest absolute Gasteiger partial charge is 0.504 e. The van der Waals surface area contributed by atoms with Crippen molar-refractivity contribution in [2.75, 3.05) is 7.11 Å². The molecule has 0 saturated carbocycles. The highest BCUT2D eigenvalue weighted by Gasteiger charge is 2.06. The summed E-state index contributed by atoms with van der Waals surface area (Å²) in [5, 5.41) is 10.2. The number of rotatable bonds is 4. The number of fused-ring (bicyclic) bond motifs is 1. The number of methoxy groups -OCH3 is 1. The van der Waals surface area contributed by atoms with Crippen LogP contribution in [0.2, 0.25) is 0 Å². The van der Waals surface area contributed by atoms with Gasteiger partial charge in [-0.05, 0) is 36.2 Å². The van der Waals surface area contributed by atoms with E-state index in [4.69, 9.17) is 9.15 Å². The van der Waals surface area contributed by atoms with Crippen LogP contribution in [0.1, 0.15) is 11.3 Å². The lowest BCUT2D eigenvalue weighted by molar-refractivity contribution is 0.373. The number of benzene rings is 2. The minimum absolute atomic E-state index is 0.0277. The number of ether oxygens (including phenoxy) is 1. The van der Waals surface area contributed by atoms with E-state index in [-0.39, 0.29) is 11.2 Å². The van der Waals surface area contributed by atoms with Crippen molar-refractivity contribution >= 4 is 11.0 Å². The van der Waals surface area contributed by atoms with Crippen LogP contribution in [0.15, 0.2) is 57.7 Å². The summed E-state index contributed by atoms with van der Waals surface area (Å²) >= 11 is 0. The first-order valence-electron chi connectivity index (χ1n) is 7.05. The van der Waals surface area contributed by atoms with Gasteiger partial charge < -0.3 is 14.3 Å². The van der Waals surface area contributed by atoms with Crippen molar-refractivity contribution in [3.8, 4) is 11.5 Å². The van der Waals surface area contributed by atoms with Crippen LogP contribution in [0.4, 0.5) is 0 Å². The van der Waals surface area contributed by atoms with Gasteiger partial charge in [0.25, 0.3) is 0 Å². The van der Waals surface area contributed by atoms with Crippen molar-refractivity contribution in [1.29, 1.82) is 0 Å². The summed E-state index contributed by atoms with van der Waals surface area (Å²) in [4.78, 5) is 12.0. The number of phenolic OH excluding ortho intramolecular Hbond substituents is 1. The first kappa shape index (κ1) is 14.2. The Bertz CT molecular complexity index is 864. The van der Waals surface area contributed by atoms with Gasteiger partial charge in [0.15, 0.2) is 16.9 Å². The lowest BCUT2D eigenvalue weighted by atomic mass is 10.1. The van der Waals surface area contributed by atoms with E-state index < -0.39 is 0 Å². The Labute approximate surface area is 127 Å². The topological polar surface area (TPSA) is 59.7 Å². The zero-order valence-electron chi connectivity index (χ0n) is 12.2. The number of phenols is 1. The lowest BCUT2D eigenvalue weighted by Crippen LogP contribution is -2.03. The summed E-state index contributed by atoms with van der Waals surface area (Å²) in [5.74, 6) is 1.21. The number of hydrogen-bond donors (Lipinski definition) is 1. The first-order chi connectivity index (χ1) is 10.7. The molecule has 0 aliphatic carbocycles. The Morgan fingerprint density at radius 1 is 1.09 bits per heavy atom. The Morgan fingerprint density at radius 2 is 1.91 bits per heavy atom. The van der Waals surface area contributed by atoms with Crippen LogP contribution in [-0.4, -0.2) is 12.2 Å². The molecule has 1 aromatic heterocycles. The standard InChI is InChI=1S/C18H16O4/c1-21-18-10-12(7-9-15(18)19)6-8-13-11-16(20)14-4-2-3-5-17(14)22-13/h2-5,7,9-11,19H,6,8H2,1H3. The van der Waals surface area contributed by atoms with Gasteiger partial charge >= 0.3 is 0 Å². The number of aromatic hydroxyl groups is 1. The third-order valence-corrected chi connectivity index (χ3v) is 3.59. The molecule has 0 radical (unpaired) electrons. The van der Waals surface area contributed by atoms with Gasteiger partial charge in [0.1, 0.15) is 11.3 Å². The smallest absolute Gasteiger partial charge is 0.192 e. The van der Waals surface area contributed by atoms with Gasteiger partial charge in [-0.1, -0.05) is 18.2 Å². The average Bonchev–Trinajstić information content (AvgIpc) is 2.54. The molecule has 0 aliphatic rings. The van der Waals surface area contributed by atoms with Crippen LogP contribution in [0.5, 0.6) is 11.5 Å². The average molecular weight is 296 g/mol. The molecule has 4 nitrogen and oxygen atoms in total. The second-order valence-electron chi connectivity index (χ2n) is 5.08. The highest BCUT2D eigenvalue weighted by molar-refractivity contribution is 5.76. The van der Waals surface area contributed by atoms with Crippen LogP contribution >= 0.6 is 0 Å². The minimum Gasteiger partial charge on any atom is -0.504 e. The van der Waals surface area contributed by atoms with Gasteiger partial charge in [-0.3, -0.25) is 4.79 Å². The summed E-state index contributed by atoms with van der Waals surface area (Å²) in [7, 11) is 1.52. The fourth-order valence-electron chi connectivity index (χ4n) is 2.42. The van der Waals surface area contributed by atoms with E-state index >= 15 is 0 Å². The van der Waals surface area contributed by atoms with Gasteiger partial charge in [-0.25, -0.2) is 0 Å². The molecule has 3 rings (SSSR count). The quantitative estimate of drug-likeness (QED) is 0.802. The molecule has 0 saturated heterocycles. The maximum absolute atomic E-state index is 12.0. The van der Waals surface area contributed by atoms with Crippen molar-refractivity contribution in [2.45, 2.75) is 12.8 Å². The molecular formula is C18H16O4. The van der Waals surface area contributed by atoms with Crippen LogP contribution in [-0.2, 0) is 12.8 Å². The Hall–Kier alpha value is -2.75. The summed E-state index contributed by atoms with van der Waals surface area (Å²) in [6, 6.07) is 14.0. The Kier molecular flexibility index (Phi) is 3.83. The zero-order chi connectivity index (χ0) is 15.5.